The summed E-state index contributed by atoms with van der Waals surface area (Å²) in [5.41, 5.74) is 21.6. The lowest BCUT2D eigenvalue weighted by Crippen LogP contribution is -2.55. The average molecular weight is 425 g/mol. The number of guanidine groups is 1. The first-order valence-corrected chi connectivity index (χ1v) is 9.00. The number of aliphatic carboxylic acids is 1. The molecule has 166 valence electrons. The van der Waals surface area contributed by atoms with Gasteiger partial charge in [-0.25, -0.2) is 9.78 Å². The van der Waals surface area contributed by atoms with Crippen LogP contribution in [0.4, 0.5) is 0 Å². The Bertz CT molecular complexity index is 761. The van der Waals surface area contributed by atoms with Crippen LogP contribution in [-0.4, -0.2) is 69.4 Å². The molecule has 1 aromatic rings. The van der Waals surface area contributed by atoms with Crippen LogP contribution in [0.2, 0.25) is 0 Å². The van der Waals surface area contributed by atoms with Crippen molar-refractivity contribution in [3.63, 3.8) is 0 Å². The summed E-state index contributed by atoms with van der Waals surface area (Å²) in [6.07, 6.45) is 2.77. The molecule has 1 aromatic heterocycles. The molecule has 0 aliphatic rings. The Labute approximate surface area is 171 Å². The second kappa shape index (κ2) is 12.0. The largest absolute Gasteiger partial charge is 0.480 e. The SMILES string of the molecule is NC(=O)C[C@H](N)C(=O)N[C@@H](Cc1cnc[nH]1)C(=O)N[C@@H](CCCN=C(N)N)C(=O)O. The zero-order valence-electron chi connectivity index (χ0n) is 16.2. The number of carboxylic acid groups (broad SMARTS) is 1. The number of aliphatic imine (C=N–C) groups is 1. The molecule has 3 atom stereocenters. The number of carbonyl (C=O) groups excluding carboxylic acids is 3. The maximum Gasteiger partial charge on any atom is 0.326 e. The first-order valence-electron chi connectivity index (χ1n) is 9.00. The van der Waals surface area contributed by atoms with Gasteiger partial charge in [-0.3, -0.25) is 19.4 Å². The van der Waals surface area contributed by atoms with E-state index in [1.54, 1.807) is 0 Å². The second-order valence-electron chi connectivity index (χ2n) is 6.47. The van der Waals surface area contributed by atoms with Gasteiger partial charge in [-0.05, 0) is 12.8 Å². The highest BCUT2D eigenvalue weighted by atomic mass is 16.4. The number of nitrogens with one attached hydrogen (secondary N) is 3. The fraction of sp³-hybridized carbons (Fsp3) is 0.500. The van der Waals surface area contributed by atoms with Crippen molar-refractivity contribution in [3.8, 4) is 0 Å². The first-order chi connectivity index (χ1) is 14.1. The van der Waals surface area contributed by atoms with Gasteiger partial charge in [-0.2, -0.15) is 0 Å². The Kier molecular flexibility index (Phi) is 9.75. The first kappa shape index (κ1) is 24.4. The number of hydrogen-bond donors (Lipinski definition) is 8. The molecule has 1 rings (SSSR count). The minimum Gasteiger partial charge on any atom is -0.480 e. The molecule has 0 aliphatic carbocycles. The van der Waals surface area contributed by atoms with Crippen molar-refractivity contribution < 1.29 is 24.3 Å². The normalized spacial score (nSPS) is 13.5. The molecule has 0 spiro atoms. The fourth-order valence-corrected chi connectivity index (χ4v) is 2.45. The van der Waals surface area contributed by atoms with E-state index in [0.717, 1.165) is 0 Å². The molecule has 0 aliphatic heterocycles. The summed E-state index contributed by atoms with van der Waals surface area (Å²) in [6, 6.07) is -3.65. The van der Waals surface area contributed by atoms with Gasteiger partial charge in [-0.15, -0.1) is 0 Å². The summed E-state index contributed by atoms with van der Waals surface area (Å²) < 4.78 is 0. The third-order valence-corrected chi connectivity index (χ3v) is 3.93. The van der Waals surface area contributed by atoms with Crippen molar-refractivity contribution in [3.05, 3.63) is 18.2 Å². The predicted octanol–water partition coefficient (Wildman–Crippen LogP) is -3.74. The average Bonchev–Trinajstić information content (AvgIpc) is 3.15. The molecule has 12 N–H and O–H groups in total. The highest BCUT2D eigenvalue weighted by Crippen LogP contribution is 2.04. The van der Waals surface area contributed by atoms with Crippen LogP contribution >= 0.6 is 0 Å². The number of rotatable bonds is 13. The minimum atomic E-state index is -1.26. The summed E-state index contributed by atoms with van der Waals surface area (Å²) in [7, 11) is 0. The Morgan fingerprint density at radius 3 is 2.33 bits per heavy atom. The van der Waals surface area contributed by atoms with Gasteiger partial charge in [0.25, 0.3) is 0 Å². The van der Waals surface area contributed by atoms with Gasteiger partial charge >= 0.3 is 5.97 Å². The van der Waals surface area contributed by atoms with Crippen LogP contribution in [0.1, 0.15) is 25.0 Å². The standard InChI is InChI=1S/C16H27N9O5/c17-9(5-12(18)26)13(27)25-11(4-8-6-21-7-23-8)14(28)24-10(15(29)30)2-1-3-22-16(19)20/h6-7,9-11H,1-5,17H2,(H2,18,26)(H,21,23)(H,24,28)(H,25,27)(H,29,30)(H4,19,20,22)/t9-,10-,11-/m0/s1. The number of hydrogen-bond acceptors (Lipinski definition) is 7. The maximum atomic E-state index is 12.7. The molecular formula is C16H27N9O5. The van der Waals surface area contributed by atoms with Gasteiger partial charge in [0.15, 0.2) is 5.96 Å². The molecule has 0 fully saturated rings. The Balaban J connectivity index is 2.83. The van der Waals surface area contributed by atoms with Crippen molar-refractivity contribution >= 4 is 29.7 Å². The van der Waals surface area contributed by atoms with Crippen LogP contribution in [0, 0.1) is 0 Å². The second-order valence-corrected chi connectivity index (χ2v) is 6.47. The number of aromatic nitrogens is 2. The molecule has 0 saturated carbocycles. The van der Waals surface area contributed by atoms with E-state index < -0.39 is 48.2 Å². The van der Waals surface area contributed by atoms with E-state index >= 15 is 0 Å². The van der Waals surface area contributed by atoms with Crippen LogP contribution in [0.15, 0.2) is 17.5 Å². The molecule has 1 heterocycles. The van der Waals surface area contributed by atoms with Crippen molar-refractivity contribution in [2.45, 2.75) is 43.8 Å². The molecule has 30 heavy (non-hydrogen) atoms. The van der Waals surface area contributed by atoms with E-state index in [1.165, 1.54) is 12.5 Å². The lowest BCUT2D eigenvalue weighted by molar-refractivity contribution is -0.142. The molecule has 0 radical (unpaired) electrons. The molecule has 3 amide bonds. The van der Waals surface area contributed by atoms with Gasteiger partial charge in [0.2, 0.25) is 17.7 Å². The third-order valence-electron chi connectivity index (χ3n) is 3.93. The topological polar surface area (TPSA) is 258 Å². The van der Waals surface area contributed by atoms with Gasteiger partial charge in [0.05, 0.1) is 18.8 Å². The van der Waals surface area contributed by atoms with E-state index in [9.17, 15) is 24.3 Å². The lowest BCUT2D eigenvalue weighted by Gasteiger charge is -2.22. The number of nitrogens with two attached hydrogens (primary N) is 4. The highest BCUT2D eigenvalue weighted by Gasteiger charge is 2.28. The number of H-pyrrole nitrogens is 1. The number of carboxylic acids is 1. The Morgan fingerprint density at radius 1 is 1.13 bits per heavy atom. The molecule has 0 aromatic carbocycles. The van der Waals surface area contributed by atoms with Crippen LogP contribution in [0.3, 0.4) is 0 Å². The van der Waals surface area contributed by atoms with Crippen LogP contribution in [-0.2, 0) is 25.6 Å². The molecular weight excluding hydrogens is 398 g/mol. The quantitative estimate of drug-likeness (QED) is 0.0875. The lowest BCUT2D eigenvalue weighted by atomic mass is 10.1. The molecule has 0 bridgehead atoms. The van der Waals surface area contributed by atoms with E-state index in [1.807, 2.05) is 0 Å². The third kappa shape index (κ3) is 9.01. The molecule has 14 heteroatoms. The van der Waals surface area contributed by atoms with Crippen molar-refractivity contribution in [1.29, 1.82) is 0 Å². The summed E-state index contributed by atoms with van der Waals surface area (Å²) in [6.45, 7) is 0.193. The van der Waals surface area contributed by atoms with E-state index in [0.29, 0.717) is 12.1 Å². The fourth-order valence-electron chi connectivity index (χ4n) is 2.45. The van der Waals surface area contributed by atoms with Crippen LogP contribution in [0.25, 0.3) is 0 Å². The van der Waals surface area contributed by atoms with Gasteiger partial charge < -0.3 is 43.7 Å². The number of carbonyl (C=O) groups is 4. The molecule has 0 unspecified atom stereocenters. The smallest absolute Gasteiger partial charge is 0.326 e. The number of aromatic amines is 1. The zero-order chi connectivity index (χ0) is 22.7. The molecule has 14 nitrogen and oxygen atoms in total. The van der Waals surface area contributed by atoms with Crippen LogP contribution in [0.5, 0.6) is 0 Å². The Morgan fingerprint density at radius 2 is 1.80 bits per heavy atom. The maximum absolute atomic E-state index is 12.7. The Hall–Kier alpha value is -3.68. The zero-order valence-corrected chi connectivity index (χ0v) is 16.2. The van der Waals surface area contributed by atoms with Gasteiger partial charge in [-0.1, -0.05) is 0 Å². The van der Waals surface area contributed by atoms with E-state index in [2.05, 4.69) is 25.6 Å². The molecule has 0 saturated heterocycles. The number of nitrogens with zero attached hydrogens (tertiary/aromatic N) is 2. The highest BCUT2D eigenvalue weighted by molar-refractivity contribution is 5.93. The van der Waals surface area contributed by atoms with Gasteiger partial charge in [0.1, 0.15) is 12.1 Å². The summed E-state index contributed by atoms with van der Waals surface area (Å²) in [5.74, 6) is -3.70. The number of imidazole rings is 1. The number of amides is 3. The van der Waals surface area contributed by atoms with Gasteiger partial charge in [0, 0.05) is 24.9 Å². The summed E-state index contributed by atoms with van der Waals surface area (Å²) >= 11 is 0. The monoisotopic (exact) mass is 425 g/mol. The summed E-state index contributed by atoms with van der Waals surface area (Å²) in [5, 5.41) is 14.1. The van der Waals surface area contributed by atoms with E-state index in [4.69, 9.17) is 22.9 Å². The van der Waals surface area contributed by atoms with Crippen molar-refractivity contribution in [2.24, 2.45) is 27.9 Å². The predicted molar refractivity (Wildman–Crippen MR) is 105 cm³/mol. The summed E-state index contributed by atoms with van der Waals surface area (Å²) in [4.78, 5) is 57.7. The van der Waals surface area contributed by atoms with Crippen LogP contribution < -0.4 is 33.6 Å². The minimum absolute atomic E-state index is 0.0127. The number of primary amides is 1. The van der Waals surface area contributed by atoms with Crippen molar-refractivity contribution in [1.82, 2.24) is 20.6 Å². The van der Waals surface area contributed by atoms with E-state index in [-0.39, 0.29) is 25.3 Å². The van der Waals surface area contributed by atoms with Crippen molar-refractivity contribution in [2.75, 3.05) is 6.54 Å².